The molecule has 126 valence electrons. The van der Waals surface area contributed by atoms with Gasteiger partial charge in [-0.1, -0.05) is 17.7 Å². The SMILES string of the molecule is O=C(O)c1cc(C(=O)CCc2c(F)cccc2Cl)n2c1COCC2. The van der Waals surface area contributed by atoms with Gasteiger partial charge in [0.25, 0.3) is 0 Å². The van der Waals surface area contributed by atoms with E-state index in [-0.39, 0.29) is 35.8 Å². The van der Waals surface area contributed by atoms with Gasteiger partial charge in [0.2, 0.25) is 0 Å². The van der Waals surface area contributed by atoms with Gasteiger partial charge < -0.3 is 14.4 Å². The maximum atomic E-state index is 13.8. The average molecular weight is 352 g/mol. The fraction of sp³-hybridized carbons (Fsp3) is 0.294. The molecule has 0 saturated heterocycles. The highest BCUT2D eigenvalue weighted by Gasteiger charge is 2.25. The van der Waals surface area contributed by atoms with Crippen LogP contribution >= 0.6 is 11.6 Å². The van der Waals surface area contributed by atoms with Crippen LogP contribution in [0.25, 0.3) is 0 Å². The van der Waals surface area contributed by atoms with Crippen LogP contribution in [0.1, 0.15) is 38.5 Å². The summed E-state index contributed by atoms with van der Waals surface area (Å²) >= 11 is 5.97. The highest BCUT2D eigenvalue weighted by Crippen LogP contribution is 2.24. The Hall–Kier alpha value is -2.18. The molecule has 0 amide bonds. The molecule has 0 atom stereocenters. The van der Waals surface area contributed by atoms with Gasteiger partial charge in [-0.2, -0.15) is 0 Å². The monoisotopic (exact) mass is 351 g/mol. The summed E-state index contributed by atoms with van der Waals surface area (Å²) in [6.45, 7) is 0.998. The summed E-state index contributed by atoms with van der Waals surface area (Å²) in [5.41, 5.74) is 1.17. The van der Waals surface area contributed by atoms with Crippen molar-refractivity contribution in [2.45, 2.75) is 26.0 Å². The van der Waals surface area contributed by atoms with E-state index in [4.69, 9.17) is 16.3 Å². The number of rotatable bonds is 5. The lowest BCUT2D eigenvalue weighted by molar-refractivity contribution is 0.0657. The second kappa shape index (κ2) is 6.75. The number of ketones is 1. The number of aromatic nitrogens is 1. The average Bonchev–Trinajstić information content (AvgIpc) is 2.94. The number of carbonyl (C=O) groups excluding carboxylic acids is 1. The number of hydrogen-bond donors (Lipinski definition) is 1. The first kappa shape index (κ1) is 16.7. The van der Waals surface area contributed by atoms with Crippen LogP contribution in [0.15, 0.2) is 24.3 Å². The minimum Gasteiger partial charge on any atom is -0.478 e. The van der Waals surface area contributed by atoms with Crippen molar-refractivity contribution in [3.8, 4) is 0 Å². The van der Waals surface area contributed by atoms with Crippen LogP contribution in [-0.2, 0) is 24.3 Å². The number of fused-ring (bicyclic) bond motifs is 1. The van der Waals surface area contributed by atoms with Gasteiger partial charge in [0, 0.05) is 23.6 Å². The Kier molecular flexibility index (Phi) is 4.69. The molecule has 1 aromatic heterocycles. The van der Waals surface area contributed by atoms with Crippen molar-refractivity contribution in [1.82, 2.24) is 4.57 Å². The number of carboxylic acid groups (broad SMARTS) is 1. The summed E-state index contributed by atoms with van der Waals surface area (Å²) in [6, 6.07) is 5.75. The molecule has 24 heavy (non-hydrogen) atoms. The van der Waals surface area contributed by atoms with Gasteiger partial charge >= 0.3 is 5.97 Å². The Morgan fingerprint density at radius 2 is 2.17 bits per heavy atom. The third-order valence-corrected chi connectivity index (χ3v) is 4.44. The topological polar surface area (TPSA) is 68.5 Å². The van der Waals surface area contributed by atoms with Gasteiger partial charge in [-0.15, -0.1) is 0 Å². The number of nitrogens with zero attached hydrogens (tertiary/aromatic N) is 1. The highest BCUT2D eigenvalue weighted by atomic mass is 35.5. The largest absolute Gasteiger partial charge is 0.478 e. The lowest BCUT2D eigenvalue weighted by atomic mass is 10.1. The third kappa shape index (κ3) is 3.07. The summed E-state index contributed by atoms with van der Waals surface area (Å²) in [7, 11) is 0. The van der Waals surface area contributed by atoms with Crippen LogP contribution in [-0.4, -0.2) is 28.0 Å². The van der Waals surface area contributed by atoms with E-state index in [1.165, 1.54) is 18.2 Å². The maximum Gasteiger partial charge on any atom is 0.337 e. The Bertz CT molecular complexity index is 795. The standard InChI is InChI=1S/C17H15ClFNO4/c18-12-2-1-3-13(19)10(12)4-5-16(21)14-8-11(17(22)23)15-9-24-7-6-20(14)15/h1-3,8H,4-7,9H2,(H,22,23). The van der Waals surface area contributed by atoms with Crippen molar-refractivity contribution in [2.75, 3.05) is 6.61 Å². The molecule has 1 N–H and O–H groups in total. The number of aromatic carboxylic acids is 1. The van der Waals surface area contributed by atoms with Gasteiger partial charge in [-0.25, -0.2) is 9.18 Å². The molecule has 1 aromatic carbocycles. The number of benzene rings is 1. The fourth-order valence-electron chi connectivity index (χ4n) is 2.88. The van der Waals surface area contributed by atoms with Crippen molar-refractivity contribution in [3.63, 3.8) is 0 Å². The van der Waals surface area contributed by atoms with E-state index in [0.717, 1.165) is 0 Å². The van der Waals surface area contributed by atoms with Gasteiger partial charge in [0.1, 0.15) is 5.82 Å². The number of carbonyl (C=O) groups is 2. The minimum absolute atomic E-state index is 0.0457. The molecule has 0 aliphatic carbocycles. The summed E-state index contributed by atoms with van der Waals surface area (Å²) < 4.78 is 20.7. The van der Waals surface area contributed by atoms with Gasteiger partial charge in [0.05, 0.1) is 30.2 Å². The second-order valence-corrected chi connectivity index (χ2v) is 5.93. The number of Topliss-reactive ketones (excluding diaryl/α,β-unsaturated/α-hetero) is 1. The zero-order valence-corrected chi connectivity index (χ0v) is 13.5. The van der Waals surface area contributed by atoms with E-state index in [2.05, 4.69) is 0 Å². The van der Waals surface area contributed by atoms with E-state index < -0.39 is 11.8 Å². The van der Waals surface area contributed by atoms with Crippen molar-refractivity contribution in [2.24, 2.45) is 0 Å². The first-order valence-electron chi connectivity index (χ1n) is 7.48. The normalized spacial score (nSPS) is 13.6. The van der Waals surface area contributed by atoms with E-state index in [1.54, 1.807) is 10.6 Å². The quantitative estimate of drug-likeness (QED) is 0.839. The van der Waals surface area contributed by atoms with Crippen LogP contribution in [0.2, 0.25) is 5.02 Å². The molecule has 0 radical (unpaired) electrons. The summed E-state index contributed by atoms with van der Waals surface area (Å²) in [5.74, 6) is -1.79. The molecule has 0 bridgehead atoms. The molecular formula is C17H15ClFNO4. The van der Waals surface area contributed by atoms with Crippen molar-refractivity contribution in [1.29, 1.82) is 0 Å². The van der Waals surface area contributed by atoms with Gasteiger partial charge in [-0.05, 0) is 24.6 Å². The first-order valence-corrected chi connectivity index (χ1v) is 7.86. The van der Waals surface area contributed by atoms with Crippen LogP contribution in [0.4, 0.5) is 4.39 Å². The molecule has 1 aliphatic heterocycles. The number of carboxylic acids is 1. The molecule has 2 heterocycles. The van der Waals surface area contributed by atoms with Crippen LogP contribution in [0.5, 0.6) is 0 Å². The van der Waals surface area contributed by atoms with E-state index in [0.29, 0.717) is 30.1 Å². The molecule has 7 heteroatoms. The van der Waals surface area contributed by atoms with E-state index >= 15 is 0 Å². The van der Waals surface area contributed by atoms with Crippen molar-refractivity contribution in [3.05, 3.63) is 57.6 Å². The number of ether oxygens (including phenoxy) is 1. The van der Waals surface area contributed by atoms with Crippen LogP contribution in [0, 0.1) is 5.82 Å². The molecule has 0 unspecified atom stereocenters. The smallest absolute Gasteiger partial charge is 0.337 e. The lowest BCUT2D eigenvalue weighted by Crippen LogP contribution is -2.21. The Balaban J connectivity index is 1.84. The highest BCUT2D eigenvalue weighted by molar-refractivity contribution is 6.31. The number of halogens is 2. The Morgan fingerprint density at radius 3 is 2.88 bits per heavy atom. The Morgan fingerprint density at radius 1 is 1.38 bits per heavy atom. The van der Waals surface area contributed by atoms with Crippen molar-refractivity contribution >= 4 is 23.4 Å². The summed E-state index contributed by atoms with van der Waals surface area (Å²) in [5, 5.41) is 9.55. The molecule has 3 rings (SSSR count). The molecular weight excluding hydrogens is 337 g/mol. The molecule has 2 aromatic rings. The second-order valence-electron chi connectivity index (χ2n) is 5.52. The number of hydrogen-bond acceptors (Lipinski definition) is 3. The van der Waals surface area contributed by atoms with Crippen molar-refractivity contribution < 1.29 is 23.8 Å². The van der Waals surface area contributed by atoms with E-state index in [1.807, 2.05) is 0 Å². The van der Waals surface area contributed by atoms with Crippen LogP contribution in [0.3, 0.4) is 0 Å². The predicted octanol–water partition coefficient (Wildman–Crippen LogP) is 3.32. The Labute approximate surface area is 142 Å². The molecule has 0 fully saturated rings. The molecule has 0 spiro atoms. The van der Waals surface area contributed by atoms with Crippen LogP contribution < -0.4 is 0 Å². The molecule has 5 nitrogen and oxygen atoms in total. The third-order valence-electron chi connectivity index (χ3n) is 4.09. The maximum absolute atomic E-state index is 13.8. The first-order chi connectivity index (χ1) is 11.5. The van der Waals surface area contributed by atoms with Gasteiger partial charge in [-0.3, -0.25) is 4.79 Å². The van der Waals surface area contributed by atoms with E-state index in [9.17, 15) is 19.1 Å². The molecule has 0 saturated carbocycles. The molecule has 1 aliphatic rings. The van der Waals surface area contributed by atoms with Gasteiger partial charge in [0.15, 0.2) is 5.78 Å². The summed E-state index contributed by atoms with van der Waals surface area (Å²) in [4.78, 5) is 23.9. The summed E-state index contributed by atoms with van der Waals surface area (Å²) in [6.07, 6.45) is 0.202. The zero-order valence-electron chi connectivity index (χ0n) is 12.7. The lowest BCUT2D eigenvalue weighted by Gasteiger charge is -2.18. The minimum atomic E-state index is -1.10. The fourth-order valence-corrected chi connectivity index (χ4v) is 3.14. The predicted molar refractivity (Wildman–Crippen MR) is 85.1 cm³/mol. The zero-order chi connectivity index (χ0) is 17.3.